The van der Waals surface area contributed by atoms with Crippen LogP contribution >= 0.6 is 0 Å². The van der Waals surface area contributed by atoms with Crippen molar-refractivity contribution in [3.05, 3.63) is 27.2 Å². The lowest BCUT2D eigenvalue weighted by atomic mass is 10.1. The van der Waals surface area contributed by atoms with E-state index in [0.29, 0.717) is 5.56 Å². The highest BCUT2D eigenvalue weighted by Gasteiger charge is 2.22. The summed E-state index contributed by atoms with van der Waals surface area (Å²) in [6.45, 7) is 7.84. The highest BCUT2D eigenvalue weighted by atomic mass is 16.2. The lowest BCUT2D eigenvalue weighted by Gasteiger charge is -2.26. The van der Waals surface area contributed by atoms with Crippen molar-refractivity contribution < 1.29 is 4.79 Å². The number of aromatic nitrogens is 2. The van der Waals surface area contributed by atoms with Crippen LogP contribution < -0.4 is 10.9 Å². The van der Waals surface area contributed by atoms with Gasteiger partial charge in [-0.15, -0.1) is 0 Å². The second-order valence-electron chi connectivity index (χ2n) is 6.09. The smallest absolute Gasteiger partial charge is 0.269 e. The lowest BCUT2D eigenvalue weighted by molar-refractivity contribution is -0.126. The van der Waals surface area contributed by atoms with Crippen molar-refractivity contribution in [2.45, 2.75) is 59.0 Å². The Morgan fingerprint density at radius 2 is 1.91 bits per heavy atom. The number of rotatable bonds is 4. The van der Waals surface area contributed by atoms with E-state index in [9.17, 15) is 9.59 Å². The molecule has 2 N–H and O–H groups in total. The van der Waals surface area contributed by atoms with Crippen LogP contribution in [-0.2, 0) is 11.3 Å². The summed E-state index contributed by atoms with van der Waals surface area (Å²) in [4.78, 5) is 26.4. The second-order valence-corrected chi connectivity index (χ2v) is 6.09. The topological polar surface area (TPSA) is 78.1 Å². The van der Waals surface area contributed by atoms with E-state index in [2.05, 4.69) is 20.4 Å². The van der Waals surface area contributed by atoms with Crippen molar-refractivity contribution in [3.63, 3.8) is 0 Å². The van der Waals surface area contributed by atoms with Gasteiger partial charge in [0.05, 0.1) is 11.7 Å². The summed E-state index contributed by atoms with van der Waals surface area (Å²) in [6.07, 6.45) is 4.80. The zero-order valence-corrected chi connectivity index (χ0v) is 13.7. The third-order valence-electron chi connectivity index (χ3n) is 4.60. The van der Waals surface area contributed by atoms with E-state index in [1.165, 1.54) is 12.8 Å². The van der Waals surface area contributed by atoms with Gasteiger partial charge in [0.25, 0.3) is 5.56 Å². The minimum absolute atomic E-state index is 0.0184. The van der Waals surface area contributed by atoms with Crippen LogP contribution in [-0.4, -0.2) is 40.1 Å². The number of likely N-dealkylation sites (tertiary alicyclic amines) is 1. The Labute approximate surface area is 131 Å². The molecule has 22 heavy (non-hydrogen) atoms. The number of carbonyl (C=O) groups excluding carboxylic acids is 1. The van der Waals surface area contributed by atoms with E-state index >= 15 is 0 Å². The van der Waals surface area contributed by atoms with Gasteiger partial charge >= 0.3 is 0 Å². The number of hydrogen-bond acceptors (Lipinski definition) is 4. The Balaban J connectivity index is 1.97. The molecule has 0 unspecified atom stereocenters. The van der Waals surface area contributed by atoms with E-state index in [-0.39, 0.29) is 24.1 Å². The minimum Gasteiger partial charge on any atom is -0.350 e. The highest BCUT2D eigenvalue weighted by molar-refractivity contribution is 5.81. The van der Waals surface area contributed by atoms with Crippen molar-refractivity contribution in [2.75, 3.05) is 13.1 Å². The molecule has 0 spiro atoms. The molecule has 1 saturated heterocycles. The van der Waals surface area contributed by atoms with Gasteiger partial charge in [0, 0.05) is 12.1 Å². The standard InChI is InChI=1S/C16H26N4O2/c1-11-12(2)18-19-16(22)14(11)10-17-15(21)13(3)20-8-6-4-5-7-9-20/h13H,4-10H2,1-3H3,(H,17,21)(H,19,22)/t13-/m0/s1. The van der Waals surface area contributed by atoms with Crippen molar-refractivity contribution >= 4 is 5.91 Å². The first-order valence-corrected chi connectivity index (χ1v) is 8.07. The molecule has 1 aliphatic heterocycles. The molecule has 122 valence electrons. The molecule has 2 rings (SSSR count). The third kappa shape index (κ3) is 3.94. The fourth-order valence-electron chi connectivity index (χ4n) is 2.86. The quantitative estimate of drug-likeness (QED) is 0.878. The van der Waals surface area contributed by atoms with E-state index in [1.807, 2.05) is 20.8 Å². The molecule has 2 heterocycles. The fraction of sp³-hybridized carbons (Fsp3) is 0.688. The molecule has 0 bridgehead atoms. The van der Waals surface area contributed by atoms with E-state index in [0.717, 1.165) is 37.2 Å². The first kappa shape index (κ1) is 16.7. The molecular formula is C16H26N4O2. The zero-order chi connectivity index (χ0) is 16.1. The van der Waals surface area contributed by atoms with Crippen LogP contribution in [0, 0.1) is 13.8 Å². The number of hydrogen-bond donors (Lipinski definition) is 2. The molecule has 1 aliphatic rings. The normalized spacial score (nSPS) is 17.8. The molecule has 1 fully saturated rings. The van der Waals surface area contributed by atoms with Crippen molar-refractivity contribution in [1.82, 2.24) is 20.4 Å². The summed E-state index contributed by atoms with van der Waals surface area (Å²) in [5.41, 5.74) is 1.98. The Bertz CT molecular complexity index is 574. The number of H-pyrrole nitrogens is 1. The van der Waals surface area contributed by atoms with Crippen LogP contribution in [0.1, 0.15) is 49.4 Å². The van der Waals surface area contributed by atoms with Crippen molar-refractivity contribution in [3.8, 4) is 0 Å². The summed E-state index contributed by atoms with van der Waals surface area (Å²) in [7, 11) is 0. The van der Waals surface area contributed by atoms with Crippen LogP contribution in [0.5, 0.6) is 0 Å². The van der Waals surface area contributed by atoms with Gasteiger partial charge in [0.1, 0.15) is 0 Å². The molecule has 1 aromatic heterocycles. The highest BCUT2D eigenvalue weighted by Crippen LogP contribution is 2.12. The lowest BCUT2D eigenvalue weighted by Crippen LogP contribution is -2.45. The Morgan fingerprint density at radius 3 is 2.55 bits per heavy atom. The predicted molar refractivity (Wildman–Crippen MR) is 85.7 cm³/mol. The Hall–Kier alpha value is -1.69. The average molecular weight is 306 g/mol. The number of nitrogens with one attached hydrogen (secondary N) is 2. The molecular weight excluding hydrogens is 280 g/mol. The first-order valence-electron chi connectivity index (χ1n) is 8.07. The van der Waals surface area contributed by atoms with Crippen LogP contribution in [0.2, 0.25) is 0 Å². The molecule has 0 aromatic carbocycles. The van der Waals surface area contributed by atoms with Gasteiger partial charge in [-0.1, -0.05) is 12.8 Å². The van der Waals surface area contributed by atoms with Crippen molar-refractivity contribution in [1.29, 1.82) is 0 Å². The Kier molecular flexibility index (Phi) is 5.71. The van der Waals surface area contributed by atoms with Crippen LogP contribution in [0.15, 0.2) is 4.79 Å². The SMILES string of the molecule is Cc1n[nH]c(=O)c(CNC(=O)[C@H](C)N2CCCCCC2)c1C. The number of carbonyl (C=O) groups is 1. The average Bonchev–Trinajstić information content (AvgIpc) is 2.79. The van der Waals surface area contributed by atoms with Gasteiger partial charge in [0.2, 0.25) is 5.91 Å². The van der Waals surface area contributed by atoms with E-state index in [1.54, 1.807) is 0 Å². The maximum absolute atomic E-state index is 12.4. The number of aromatic amines is 1. The van der Waals surface area contributed by atoms with Gasteiger partial charge in [-0.05, 0) is 52.3 Å². The van der Waals surface area contributed by atoms with Crippen LogP contribution in [0.25, 0.3) is 0 Å². The third-order valence-corrected chi connectivity index (χ3v) is 4.60. The van der Waals surface area contributed by atoms with Gasteiger partial charge in [-0.2, -0.15) is 5.10 Å². The van der Waals surface area contributed by atoms with Gasteiger partial charge in [0.15, 0.2) is 0 Å². The molecule has 1 amide bonds. The minimum atomic E-state index is -0.231. The molecule has 1 atom stereocenters. The molecule has 0 aliphatic carbocycles. The second kappa shape index (κ2) is 7.54. The van der Waals surface area contributed by atoms with Crippen LogP contribution in [0.4, 0.5) is 0 Å². The van der Waals surface area contributed by atoms with Gasteiger partial charge in [-0.3, -0.25) is 14.5 Å². The molecule has 6 nitrogen and oxygen atoms in total. The summed E-state index contributed by atoms with van der Waals surface area (Å²) < 4.78 is 0. The molecule has 0 radical (unpaired) electrons. The summed E-state index contributed by atoms with van der Waals surface area (Å²) in [6, 6.07) is -0.152. The predicted octanol–water partition coefficient (Wildman–Crippen LogP) is 1.27. The molecule has 6 heteroatoms. The maximum atomic E-state index is 12.4. The van der Waals surface area contributed by atoms with Crippen molar-refractivity contribution in [2.24, 2.45) is 0 Å². The zero-order valence-electron chi connectivity index (χ0n) is 13.7. The van der Waals surface area contributed by atoms with Crippen LogP contribution in [0.3, 0.4) is 0 Å². The fourth-order valence-corrected chi connectivity index (χ4v) is 2.86. The monoisotopic (exact) mass is 306 g/mol. The molecule has 0 saturated carbocycles. The summed E-state index contributed by atoms with van der Waals surface area (Å²) >= 11 is 0. The molecule has 1 aromatic rings. The maximum Gasteiger partial charge on any atom is 0.269 e. The van der Waals surface area contributed by atoms with E-state index < -0.39 is 0 Å². The first-order chi connectivity index (χ1) is 10.5. The Morgan fingerprint density at radius 1 is 1.27 bits per heavy atom. The number of amides is 1. The van der Waals surface area contributed by atoms with E-state index in [4.69, 9.17) is 0 Å². The van der Waals surface area contributed by atoms with Gasteiger partial charge < -0.3 is 5.32 Å². The van der Waals surface area contributed by atoms with Gasteiger partial charge in [-0.25, -0.2) is 5.10 Å². The summed E-state index contributed by atoms with van der Waals surface area (Å²) in [5.74, 6) is -0.0184. The number of nitrogens with zero attached hydrogens (tertiary/aromatic N) is 2. The number of aryl methyl sites for hydroxylation is 1. The largest absolute Gasteiger partial charge is 0.350 e. The summed E-state index contributed by atoms with van der Waals surface area (Å²) in [5, 5.41) is 9.29.